The van der Waals surface area contributed by atoms with Crippen LogP contribution >= 0.6 is 0 Å². The molecule has 0 saturated heterocycles. The third-order valence-electron chi connectivity index (χ3n) is 6.11. The van der Waals surface area contributed by atoms with Crippen LogP contribution in [0.1, 0.15) is 18.9 Å². The minimum absolute atomic E-state index is 0.0144. The second kappa shape index (κ2) is 9.84. The van der Waals surface area contributed by atoms with Gasteiger partial charge >= 0.3 is 0 Å². The molecule has 35 heavy (non-hydrogen) atoms. The van der Waals surface area contributed by atoms with Gasteiger partial charge in [-0.15, -0.1) is 0 Å². The molecule has 1 unspecified atom stereocenters. The molecule has 1 amide bonds. The predicted octanol–water partition coefficient (Wildman–Crippen LogP) is 2.71. The van der Waals surface area contributed by atoms with Crippen molar-refractivity contribution < 1.29 is 27.2 Å². The molecule has 0 radical (unpaired) electrons. The van der Waals surface area contributed by atoms with Gasteiger partial charge in [-0.2, -0.15) is 0 Å². The van der Waals surface area contributed by atoms with Crippen molar-refractivity contribution in [2.45, 2.75) is 31.2 Å². The average molecular weight is 508 g/mol. The zero-order valence-corrected chi connectivity index (χ0v) is 20.6. The van der Waals surface area contributed by atoms with Crippen molar-refractivity contribution in [2.75, 3.05) is 20.4 Å². The number of sulfone groups is 1. The second-order valence-electron chi connectivity index (χ2n) is 8.98. The Bertz CT molecular complexity index is 1450. The summed E-state index contributed by atoms with van der Waals surface area (Å²) in [4.78, 5) is 26.9. The van der Waals surface area contributed by atoms with Gasteiger partial charge in [-0.05, 0) is 56.8 Å². The van der Waals surface area contributed by atoms with Gasteiger partial charge in [-0.3, -0.25) is 14.8 Å². The Hall–Kier alpha value is -3.15. The normalized spacial score (nSPS) is 13.7. The van der Waals surface area contributed by atoms with Crippen LogP contribution in [-0.4, -0.2) is 54.1 Å². The van der Waals surface area contributed by atoms with E-state index in [0.717, 1.165) is 29.5 Å². The monoisotopic (exact) mass is 507 g/mol. The number of amides is 1. The number of nitrogens with zero attached hydrogens (tertiary/aromatic N) is 2. The fraction of sp³-hybridized carbons (Fsp3) is 0.333. The number of halogens is 2. The van der Waals surface area contributed by atoms with Crippen LogP contribution in [0.4, 0.5) is 8.78 Å². The number of fused-ring (bicyclic) bond motifs is 1. The molecule has 0 aliphatic rings. The van der Waals surface area contributed by atoms with Crippen molar-refractivity contribution in [3.8, 4) is 11.1 Å². The van der Waals surface area contributed by atoms with E-state index in [1.165, 1.54) is 29.7 Å². The summed E-state index contributed by atoms with van der Waals surface area (Å²) in [6.45, 7) is 1.37. The molecular formula is C24H27F2N3O5S. The Morgan fingerprint density at radius 3 is 2.37 bits per heavy atom. The summed E-state index contributed by atoms with van der Waals surface area (Å²) in [6.07, 6.45) is 1.37. The Morgan fingerprint density at radius 2 is 1.80 bits per heavy atom. The first-order valence-corrected chi connectivity index (χ1v) is 12.6. The summed E-state index contributed by atoms with van der Waals surface area (Å²) in [7, 11) is -0.243. The topological polar surface area (TPSA) is 109 Å². The number of carbonyl (C=O) groups is 1. The highest BCUT2D eigenvalue weighted by Crippen LogP contribution is 2.28. The number of hydrogen-bond acceptors (Lipinski definition) is 6. The summed E-state index contributed by atoms with van der Waals surface area (Å²) in [5, 5.41) is 8.95. The number of nitrogens with one attached hydrogen (secondary N) is 1. The number of hydrogen-bond donors (Lipinski definition) is 2. The van der Waals surface area contributed by atoms with Crippen molar-refractivity contribution in [1.82, 2.24) is 14.9 Å². The lowest BCUT2D eigenvalue weighted by Crippen LogP contribution is -2.50. The second-order valence-corrected chi connectivity index (χ2v) is 11.4. The number of hydroxylamine groups is 1. The maximum Gasteiger partial charge on any atom is 0.264 e. The minimum Gasteiger partial charge on any atom is -0.312 e. The number of rotatable bonds is 8. The molecule has 11 heteroatoms. The van der Waals surface area contributed by atoms with Gasteiger partial charge in [0.25, 0.3) is 11.5 Å². The van der Waals surface area contributed by atoms with Crippen molar-refractivity contribution in [2.24, 2.45) is 0 Å². The summed E-state index contributed by atoms with van der Waals surface area (Å²) in [5.41, 5.74) is 2.16. The van der Waals surface area contributed by atoms with E-state index in [0.29, 0.717) is 12.1 Å². The number of pyridine rings is 1. The zero-order chi connectivity index (χ0) is 26.1. The Kier molecular flexibility index (Phi) is 7.44. The fourth-order valence-electron chi connectivity index (χ4n) is 3.86. The van der Waals surface area contributed by atoms with Crippen LogP contribution in [0.5, 0.6) is 0 Å². The standard InChI is InChI=1S/C24H27F2N3O5S/c1-24(23(31)27-32,35(4,33)34)9-10-29-14-21(26)19-12-16(6-8-18(19)22(29)30)17-7-5-15(11-20(17)25)13-28(2)3/h5-8,11-12,14,32H,9-10,13H2,1-4H3,(H,27,31). The maximum absolute atomic E-state index is 15.0. The van der Waals surface area contributed by atoms with E-state index in [-0.39, 0.29) is 29.3 Å². The number of aryl methyl sites for hydroxylation is 1. The van der Waals surface area contributed by atoms with Crippen LogP contribution in [0.15, 0.2) is 47.4 Å². The van der Waals surface area contributed by atoms with Gasteiger partial charge in [0, 0.05) is 36.5 Å². The van der Waals surface area contributed by atoms with Crippen LogP contribution in [0.2, 0.25) is 0 Å². The van der Waals surface area contributed by atoms with Crippen molar-refractivity contribution >= 4 is 26.5 Å². The Morgan fingerprint density at radius 1 is 1.11 bits per heavy atom. The molecule has 2 aromatic carbocycles. The quantitative estimate of drug-likeness (QED) is 0.359. The van der Waals surface area contributed by atoms with Crippen LogP contribution < -0.4 is 11.0 Å². The lowest BCUT2D eigenvalue weighted by Gasteiger charge is -2.25. The molecule has 1 heterocycles. The molecule has 0 aliphatic heterocycles. The molecule has 0 spiro atoms. The molecule has 1 aromatic heterocycles. The largest absolute Gasteiger partial charge is 0.312 e. The first-order chi connectivity index (χ1) is 16.3. The molecule has 1 atom stereocenters. The highest BCUT2D eigenvalue weighted by atomic mass is 32.2. The van der Waals surface area contributed by atoms with Crippen molar-refractivity contribution in [3.05, 3.63) is 70.1 Å². The highest BCUT2D eigenvalue weighted by Gasteiger charge is 2.43. The summed E-state index contributed by atoms with van der Waals surface area (Å²) < 4.78 is 53.0. The van der Waals surface area contributed by atoms with E-state index >= 15 is 4.39 Å². The van der Waals surface area contributed by atoms with Gasteiger partial charge in [0.05, 0.1) is 5.39 Å². The van der Waals surface area contributed by atoms with E-state index in [4.69, 9.17) is 5.21 Å². The molecule has 0 fully saturated rings. The molecule has 0 saturated carbocycles. The summed E-state index contributed by atoms with van der Waals surface area (Å²) in [5.74, 6) is -2.39. The third-order valence-corrected chi connectivity index (χ3v) is 8.14. The average Bonchev–Trinajstić information content (AvgIpc) is 2.78. The van der Waals surface area contributed by atoms with Crippen LogP contribution in [0, 0.1) is 11.6 Å². The first kappa shape index (κ1) is 26.5. The van der Waals surface area contributed by atoms with Gasteiger partial charge in [0.2, 0.25) is 0 Å². The molecule has 2 N–H and O–H groups in total. The van der Waals surface area contributed by atoms with Crippen LogP contribution in [0.25, 0.3) is 21.9 Å². The SMILES string of the molecule is CN(C)Cc1ccc(-c2ccc3c(=O)n(CCC(C)(C(=O)NO)S(C)(=O)=O)cc(F)c3c2)c(F)c1. The third kappa shape index (κ3) is 5.26. The van der Waals surface area contributed by atoms with Gasteiger partial charge < -0.3 is 9.47 Å². The van der Waals surface area contributed by atoms with Gasteiger partial charge in [-0.25, -0.2) is 22.7 Å². The molecule has 188 valence electrons. The maximum atomic E-state index is 15.0. The van der Waals surface area contributed by atoms with E-state index in [1.807, 2.05) is 19.0 Å². The van der Waals surface area contributed by atoms with E-state index in [9.17, 15) is 22.4 Å². The molecule has 3 aromatic rings. The number of aromatic nitrogens is 1. The molecule has 0 bridgehead atoms. The lowest BCUT2D eigenvalue weighted by molar-refractivity contribution is -0.131. The van der Waals surface area contributed by atoms with Crippen LogP contribution in [0.3, 0.4) is 0 Å². The van der Waals surface area contributed by atoms with Gasteiger partial charge in [0.1, 0.15) is 11.6 Å². The van der Waals surface area contributed by atoms with Gasteiger partial charge in [-0.1, -0.05) is 18.2 Å². The number of carbonyl (C=O) groups excluding carboxylic acids is 1. The lowest BCUT2D eigenvalue weighted by atomic mass is 10.00. The zero-order valence-electron chi connectivity index (χ0n) is 19.8. The number of benzene rings is 2. The van der Waals surface area contributed by atoms with E-state index in [1.54, 1.807) is 12.1 Å². The predicted molar refractivity (Wildman–Crippen MR) is 129 cm³/mol. The van der Waals surface area contributed by atoms with Gasteiger partial charge in [0.15, 0.2) is 14.6 Å². The smallest absolute Gasteiger partial charge is 0.264 e. The summed E-state index contributed by atoms with van der Waals surface area (Å²) >= 11 is 0. The Labute approximate surface area is 201 Å². The van der Waals surface area contributed by atoms with E-state index in [2.05, 4.69) is 0 Å². The van der Waals surface area contributed by atoms with Crippen molar-refractivity contribution in [3.63, 3.8) is 0 Å². The molecular weight excluding hydrogens is 480 g/mol. The fourth-order valence-corrected chi connectivity index (χ4v) is 4.70. The highest BCUT2D eigenvalue weighted by molar-refractivity contribution is 7.92. The first-order valence-electron chi connectivity index (χ1n) is 10.7. The molecule has 3 rings (SSSR count). The summed E-state index contributed by atoms with van der Waals surface area (Å²) in [6, 6.07) is 9.08. The minimum atomic E-state index is -3.98. The Balaban J connectivity index is 1.99. The molecule has 0 aliphatic carbocycles. The van der Waals surface area contributed by atoms with Crippen molar-refractivity contribution in [1.29, 1.82) is 0 Å². The molecule has 8 nitrogen and oxygen atoms in total. The van der Waals surface area contributed by atoms with E-state index < -0.39 is 37.7 Å². The van der Waals surface area contributed by atoms with Crippen LogP contribution in [-0.2, 0) is 27.7 Å².